The zero-order valence-corrected chi connectivity index (χ0v) is 21.2. The molecule has 3 unspecified atom stereocenters. The number of hydrogen-bond acceptors (Lipinski definition) is 5. The van der Waals surface area contributed by atoms with E-state index in [1.165, 1.54) is 0 Å². The zero-order valence-electron chi connectivity index (χ0n) is 18.6. The van der Waals surface area contributed by atoms with Crippen molar-refractivity contribution in [3.8, 4) is 0 Å². The Hall–Kier alpha value is -1.06. The van der Waals surface area contributed by atoms with E-state index < -0.39 is 14.4 Å². The number of aliphatic hydroxyl groups is 1. The third-order valence-electron chi connectivity index (χ3n) is 6.21. The highest BCUT2D eigenvalue weighted by molar-refractivity contribution is 9.10. The van der Waals surface area contributed by atoms with Crippen LogP contribution in [-0.2, 0) is 9.16 Å². The summed E-state index contributed by atoms with van der Waals surface area (Å²) in [5.41, 5.74) is 1.07. The Morgan fingerprint density at radius 1 is 1.27 bits per heavy atom. The van der Waals surface area contributed by atoms with E-state index in [1.54, 1.807) is 4.68 Å². The predicted octanol–water partition coefficient (Wildman–Crippen LogP) is 5.93. The Labute approximate surface area is 189 Å². The van der Waals surface area contributed by atoms with E-state index in [1.807, 2.05) is 18.2 Å². The number of nitrogens with zero attached hydrogens (tertiary/aromatic N) is 3. The van der Waals surface area contributed by atoms with Crippen molar-refractivity contribution in [2.75, 3.05) is 6.61 Å². The first kappa shape index (κ1) is 23.6. The van der Waals surface area contributed by atoms with Crippen LogP contribution in [0.1, 0.15) is 76.3 Å². The van der Waals surface area contributed by atoms with Gasteiger partial charge in [0.25, 0.3) is 0 Å². The molecule has 0 spiro atoms. The van der Waals surface area contributed by atoms with Gasteiger partial charge in [0.15, 0.2) is 20.4 Å². The van der Waals surface area contributed by atoms with Crippen LogP contribution in [0.5, 0.6) is 0 Å². The molecular formula is C22H34BrN3O3Si. The fourth-order valence-electron chi connectivity index (χ4n) is 3.42. The third-order valence-corrected chi connectivity index (χ3v) is 11.0. The van der Waals surface area contributed by atoms with Crippen LogP contribution in [-0.4, -0.2) is 34.8 Å². The second-order valence-electron chi connectivity index (χ2n) is 9.53. The zero-order chi connectivity index (χ0) is 21.9. The van der Waals surface area contributed by atoms with E-state index in [0.29, 0.717) is 23.6 Å². The summed E-state index contributed by atoms with van der Waals surface area (Å²) in [5, 5.41) is 15.7. The van der Waals surface area contributed by atoms with Crippen LogP contribution in [0.2, 0.25) is 18.1 Å². The second-order valence-corrected chi connectivity index (χ2v) is 15.0. The summed E-state index contributed by atoms with van der Waals surface area (Å²) in [5.74, 6) is 0.522. The van der Waals surface area contributed by atoms with Crippen molar-refractivity contribution in [3.05, 3.63) is 46.5 Å². The molecule has 2 heterocycles. The molecule has 1 saturated heterocycles. The molecule has 0 bridgehead atoms. The lowest BCUT2D eigenvalue weighted by molar-refractivity contribution is -0.0466. The van der Waals surface area contributed by atoms with Crippen molar-refractivity contribution in [3.63, 3.8) is 0 Å². The van der Waals surface area contributed by atoms with Gasteiger partial charge in [-0.1, -0.05) is 51.1 Å². The van der Waals surface area contributed by atoms with Crippen LogP contribution in [0.4, 0.5) is 0 Å². The molecule has 6 nitrogen and oxygen atoms in total. The maximum absolute atomic E-state index is 11.2. The highest BCUT2D eigenvalue weighted by Gasteiger charge is 2.40. The first-order valence-corrected chi connectivity index (χ1v) is 14.4. The summed E-state index contributed by atoms with van der Waals surface area (Å²) in [4.78, 5) is 4.47. The van der Waals surface area contributed by atoms with Gasteiger partial charge in [-0.05, 0) is 58.9 Å². The largest absolute Gasteiger partial charge is 0.410 e. The molecule has 0 aliphatic carbocycles. The monoisotopic (exact) mass is 495 g/mol. The lowest BCUT2D eigenvalue weighted by atomic mass is 10.0. The van der Waals surface area contributed by atoms with Gasteiger partial charge in [0.1, 0.15) is 6.10 Å². The fraction of sp³-hybridized carbons (Fsp3) is 0.636. The van der Waals surface area contributed by atoms with Gasteiger partial charge in [0.05, 0.1) is 6.10 Å². The van der Waals surface area contributed by atoms with E-state index in [-0.39, 0.29) is 17.4 Å². The summed E-state index contributed by atoms with van der Waals surface area (Å²) in [6, 6.07) is 10.2. The number of halogens is 1. The minimum Gasteiger partial charge on any atom is -0.410 e. The standard InChI is InChI=1S/C22H34BrN3O3Si/c1-22(2,3)30(4,5)29-18(16-11-7-6-8-12-16)15-17(27)20-24-21(23)25-26(20)19-13-9-10-14-28-19/h6-8,11-12,17-19,27H,9-10,13-15H2,1-5H3. The first-order valence-electron chi connectivity index (χ1n) is 10.7. The van der Waals surface area contributed by atoms with Gasteiger partial charge in [0, 0.05) is 13.0 Å². The number of aliphatic hydroxyl groups excluding tert-OH is 1. The lowest BCUT2D eigenvalue weighted by Gasteiger charge is -2.40. The summed E-state index contributed by atoms with van der Waals surface area (Å²) in [6.07, 6.45) is 2.20. The molecule has 3 rings (SSSR count). The molecule has 1 N–H and O–H groups in total. The Morgan fingerprint density at radius 2 is 1.97 bits per heavy atom. The van der Waals surface area contributed by atoms with Crippen molar-refractivity contribution in [2.24, 2.45) is 0 Å². The topological polar surface area (TPSA) is 69.4 Å². The molecule has 2 aromatic rings. The summed E-state index contributed by atoms with van der Waals surface area (Å²) in [6.45, 7) is 11.9. The molecule has 166 valence electrons. The van der Waals surface area contributed by atoms with Crippen molar-refractivity contribution in [1.29, 1.82) is 0 Å². The maximum atomic E-state index is 11.2. The van der Waals surface area contributed by atoms with Gasteiger partial charge in [0.2, 0.25) is 4.73 Å². The van der Waals surface area contributed by atoms with Gasteiger partial charge in [-0.15, -0.1) is 5.10 Å². The van der Waals surface area contributed by atoms with Crippen LogP contribution in [0, 0.1) is 0 Å². The van der Waals surface area contributed by atoms with E-state index in [9.17, 15) is 5.11 Å². The van der Waals surface area contributed by atoms with Crippen molar-refractivity contribution >= 4 is 24.2 Å². The van der Waals surface area contributed by atoms with Crippen molar-refractivity contribution in [2.45, 2.75) is 83.0 Å². The smallest absolute Gasteiger partial charge is 0.217 e. The van der Waals surface area contributed by atoms with Crippen LogP contribution in [0.3, 0.4) is 0 Å². The number of aromatic nitrogens is 3. The maximum Gasteiger partial charge on any atom is 0.217 e. The predicted molar refractivity (Wildman–Crippen MR) is 124 cm³/mol. The second kappa shape index (κ2) is 9.61. The van der Waals surface area contributed by atoms with Crippen LogP contribution in [0.25, 0.3) is 0 Å². The average Bonchev–Trinajstić information content (AvgIpc) is 3.10. The first-order chi connectivity index (χ1) is 14.1. The molecule has 1 aliphatic rings. The van der Waals surface area contributed by atoms with Crippen molar-refractivity contribution in [1.82, 2.24) is 14.8 Å². The SMILES string of the molecule is CC(C)(C)[Si](C)(C)OC(CC(O)c1nc(Br)nn1C1CCCCO1)c1ccccc1. The van der Waals surface area contributed by atoms with Crippen LogP contribution >= 0.6 is 15.9 Å². The minimum absolute atomic E-state index is 0.0734. The van der Waals surface area contributed by atoms with Gasteiger partial charge in [-0.2, -0.15) is 0 Å². The quantitative estimate of drug-likeness (QED) is 0.482. The summed E-state index contributed by atoms with van der Waals surface area (Å²) in [7, 11) is -2.05. The van der Waals surface area contributed by atoms with Gasteiger partial charge in [-0.3, -0.25) is 0 Å². The van der Waals surface area contributed by atoms with Crippen LogP contribution in [0.15, 0.2) is 35.1 Å². The van der Waals surface area contributed by atoms with E-state index in [4.69, 9.17) is 9.16 Å². The molecule has 1 aromatic carbocycles. The molecule has 3 atom stereocenters. The Kier molecular flexibility index (Phi) is 7.56. The molecule has 0 radical (unpaired) electrons. The molecular weight excluding hydrogens is 462 g/mol. The Bertz CT molecular complexity index is 817. The molecule has 0 amide bonds. The van der Waals surface area contributed by atoms with Crippen molar-refractivity contribution < 1.29 is 14.3 Å². The van der Waals surface area contributed by atoms with Crippen LogP contribution < -0.4 is 0 Å². The number of benzene rings is 1. The number of ether oxygens (including phenoxy) is 1. The van der Waals surface area contributed by atoms with Gasteiger partial charge >= 0.3 is 0 Å². The minimum atomic E-state index is -2.05. The highest BCUT2D eigenvalue weighted by Crippen LogP contribution is 2.42. The molecule has 1 aliphatic heterocycles. The van der Waals surface area contributed by atoms with E-state index in [2.05, 4.69) is 72.0 Å². The molecule has 8 heteroatoms. The molecule has 0 saturated carbocycles. The Morgan fingerprint density at radius 3 is 2.57 bits per heavy atom. The third kappa shape index (κ3) is 5.59. The van der Waals surface area contributed by atoms with Gasteiger partial charge in [-0.25, -0.2) is 9.67 Å². The fourth-order valence-corrected chi connectivity index (χ4v) is 5.07. The lowest BCUT2D eigenvalue weighted by Crippen LogP contribution is -2.42. The number of hydrogen-bond donors (Lipinski definition) is 1. The normalized spacial score (nSPS) is 20.2. The summed E-state index contributed by atoms with van der Waals surface area (Å²) < 4.78 is 14.8. The molecule has 30 heavy (non-hydrogen) atoms. The number of rotatable bonds is 7. The van der Waals surface area contributed by atoms with E-state index in [0.717, 1.165) is 24.8 Å². The average molecular weight is 497 g/mol. The molecule has 1 aromatic heterocycles. The molecule has 1 fully saturated rings. The van der Waals surface area contributed by atoms with Gasteiger partial charge < -0.3 is 14.3 Å². The highest BCUT2D eigenvalue weighted by atomic mass is 79.9. The van der Waals surface area contributed by atoms with E-state index >= 15 is 0 Å². The Balaban J connectivity index is 1.86. The summed E-state index contributed by atoms with van der Waals surface area (Å²) >= 11 is 3.37.